The van der Waals surface area contributed by atoms with Crippen LogP contribution in [0.5, 0.6) is 0 Å². The van der Waals surface area contributed by atoms with Crippen LogP contribution in [0, 0.1) is 45.3 Å². The summed E-state index contributed by atoms with van der Waals surface area (Å²) in [7, 11) is 0. The quantitative estimate of drug-likeness (QED) is 0.244. The van der Waals surface area contributed by atoms with Crippen LogP contribution in [0.3, 0.4) is 0 Å². The van der Waals surface area contributed by atoms with E-state index in [4.69, 9.17) is 4.74 Å². The number of carboxylic acids is 1. The first kappa shape index (κ1) is 28.4. The number of carbonyl (C=O) groups excluding carboxylic acids is 1. The molecule has 8 atom stereocenters. The van der Waals surface area contributed by atoms with Gasteiger partial charge in [0.2, 0.25) is 0 Å². The predicted octanol–water partition coefficient (Wildman–Crippen LogP) is 6.94. The summed E-state index contributed by atoms with van der Waals surface area (Å²) in [6.45, 7) is 17.0. The third-order valence-corrected chi connectivity index (χ3v) is 11.9. The molecule has 4 saturated carbocycles. The Balaban J connectivity index is 1.63. The number of hydrogen-bond donors (Lipinski definition) is 2. The number of rotatable bonds is 10. The standard InChI is InChI=1S/C32H50O5/c1-21(2)24-10-11-26-30(7)15-12-25(23(19-37-22(3)33)9-8-14-28(4,5)36)29(30,6)17-18-32(26)20-31(24,32)16-13-27(34)35/h8,14,23-26,36H,1,9-13,15-20H2,2-7H3,(H,34,35)/b14-8+/t23-,24-,25+,26-,29+,30-,31+,32-/m0/s1. The fourth-order valence-electron chi connectivity index (χ4n) is 10.2. The van der Waals surface area contributed by atoms with E-state index in [1.807, 2.05) is 6.08 Å². The molecule has 1 spiro atoms. The fraction of sp³-hybridized carbons (Fsp3) is 0.812. The molecule has 0 amide bonds. The minimum absolute atomic E-state index is 0.106. The molecule has 5 heteroatoms. The molecule has 0 aromatic carbocycles. The average molecular weight is 515 g/mol. The molecule has 37 heavy (non-hydrogen) atoms. The Bertz CT molecular complexity index is 961. The Labute approximate surface area is 224 Å². The van der Waals surface area contributed by atoms with Crippen molar-refractivity contribution in [3.63, 3.8) is 0 Å². The summed E-state index contributed by atoms with van der Waals surface area (Å²) in [5.41, 5.74) is 1.07. The van der Waals surface area contributed by atoms with Crippen LogP contribution in [0.25, 0.3) is 0 Å². The van der Waals surface area contributed by atoms with Crippen LogP contribution in [-0.2, 0) is 14.3 Å². The summed E-state index contributed by atoms with van der Waals surface area (Å²) in [4.78, 5) is 23.4. The lowest BCUT2D eigenvalue weighted by Gasteiger charge is -2.61. The molecule has 4 aliphatic rings. The molecule has 4 fully saturated rings. The molecule has 2 N–H and O–H groups in total. The molecular formula is C32H50O5. The van der Waals surface area contributed by atoms with Crippen molar-refractivity contribution in [2.75, 3.05) is 6.61 Å². The van der Waals surface area contributed by atoms with E-state index >= 15 is 0 Å². The van der Waals surface area contributed by atoms with Crippen LogP contribution in [0.4, 0.5) is 0 Å². The van der Waals surface area contributed by atoms with Crippen LogP contribution >= 0.6 is 0 Å². The van der Waals surface area contributed by atoms with Gasteiger partial charge in [0, 0.05) is 13.3 Å². The Hall–Kier alpha value is -1.62. The van der Waals surface area contributed by atoms with Gasteiger partial charge in [0.15, 0.2) is 0 Å². The lowest BCUT2D eigenvalue weighted by molar-refractivity contribution is -0.146. The van der Waals surface area contributed by atoms with Gasteiger partial charge >= 0.3 is 11.9 Å². The van der Waals surface area contributed by atoms with Gasteiger partial charge in [0.1, 0.15) is 0 Å². The summed E-state index contributed by atoms with van der Waals surface area (Å²) in [6, 6.07) is 0. The van der Waals surface area contributed by atoms with E-state index in [1.165, 1.54) is 31.8 Å². The molecule has 0 aromatic rings. The highest BCUT2D eigenvalue weighted by atomic mass is 16.5. The number of esters is 1. The molecule has 0 saturated heterocycles. The number of allylic oxidation sites excluding steroid dienone is 2. The zero-order valence-electron chi connectivity index (χ0n) is 24.1. The first-order valence-corrected chi connectivity index (χ1v) is 14.5. The van der Waals surface area contributed by atoms with Crippen LogP contribution in [0.2, 0.25) is 0 Å². The van der Waals surface area contributed by atoms with Crippen molar-refractivity contribution in [3.8, 4) is 0 Å². The number of carbonyl (C=O) groups is 2. The minimum atomic E-state index is -0.857. The van der Waals surface area contributed by atoms with Crippen LogP contribution in [0.15, 0.2) is 24.3 Å². The predicted molar refractivity (Wildman–Crippen MR) is 146 cm³/mol. The highest BCUT2D eigenvalue weighted by Gasteiger charge is 2.80. The average Bonchev–Trinajstić information content (AvgIpc) is 3.38. The number of ether oxygens (including phenoxy) is 1. The van der Waals surface area contributed by atoms with Gasteiger partial charge < -0.3 is 14.9 Å². The second kappa shape index (κ2) is 9.54. The number of aliphatic hydroxyl groups is 1. The van der Waals surface area contributed by atoms with E-state index in [0.717, 1.165) is 38.5 Å². The van der Waals surface area contributed by atoms with E-state index < -0.39 is 11.6 Å². The van der Waals surface area contributed by atoms with Crippen molar-refractivity contribution in [1.82, 2.24) is 0 Å². The van der Waals surface area contributed by atoms with Gasteiger partial charge in [-0.2, -0.15) is 0 Å². The fourth-order valence-corrected chi connectivity index (χ4v) is 10.2. The van der Waals surface area contributed by atoms with Crippen LogP contribution in [0.1, 0.15) is 106 Å². The maximum Gasteiger partial charge on any atom is 0.303 e. The first-order chi connectivity index (χ1) is 17.1. The smallest absolute Gasteiger partial charge is 0.303 e. The molecule has 0 radical (unpaired) electrons. The van der Waals surface area contributed by atoms with E-state index in [0.29, 0.717) is 24.4 Å². The summed E-state index contributed by atoms with van der Waals surface area (Å²) in [5.74, 6) is 0.813. The van der Waals surface area contributed by atoms with Gasteiger partial charge in [-0.3, -0.25) is 9.59 Å². The first-order valence-electron chi connectivity index (χ1n) is 14.5. The minimum Gasteiger partial charge on any atom is -0.481 e. The largest absolute Gasteiger partial charge is 0.481 e. The molecule has 0 aromatic heterocycles. The van der Waals surface area contributed by atoms with Crippen molar-refractivity contribution in [3.05, 3.63) is 24.3 Å². The summed E-state index contributed by atoms with van der Waals surface area (Å²) in [6.07, 6.45) is 13.9. The SMILES string of the molecule is C=C(C)[C@@H]1CC[C@@H]2[C@]3(CC[C@]4(C)[C@@H]([C@@H](C/C=C/C(C)(C)O)COC(C)=O)CC[C@@]24C)C[C@]13CCC(=O)O. The van der Waals surface area contributed by atoms with Crippen LogP contribution < -0.4 is 0 Å². The van der Waals surface area contributed by atoms with E-state index in [2.05, 4.69) is 33.4 Å². The summed E-state index contributed by atoms with van der Waals surface area (Å²) < 4.78 is 5.60. The van der Waals surface area contributed by atoms with Gasteiger partial charge in [-0.25, -0.2) is 0 Å². The molecule has 0 bridgehead atoms. The number of fused-ring (bicyclic) bond motifs is 2. The summed E-state index contributed by atoms with van der Waals surface area (Å²) in [5, 5.41) is 19.8. The Morgan fingerprint density at radius 2 is 1.81 bits per heavy atom. The van der Waals surface area contributed by atoms with E-state index in [-0.39, 0.29) is 40.0 Å². The van der Waals surface area contributed by atoms with Gasteiger partial charge in [0.05, 0.1) is 12.2 Å². The Morgan fingerprint density at radius 1 is 1.11 bits per heavy atom. The molecule has 0 unspecified atom stereocenters. The van der Waals surface area contributed by atoms with Crippen molar-refractivity contribution in [2.45, 2.75) is 111 Å². The van der Waals surface area contributed by atoms with Crippen molar-refractivity contribution in [2.24, 2.45) is 45.3 Å². The van der Waals surface area contributed by atoms with Gasteiger partial charge in [-0.05, 0) is 124 Å². The number of hydrogen-bond acceptors (Lipinski definition) is 4. The highest BCUT2D eigenvalue weighted by Crippen LogP contribution is 2.87. The van der Waals surface area contributed by atoms with Crippen molar-refractivity contribution < 1.29 is 24.5 Å². The van der Waals surface area contributed by atoms with E-state index in [1.54, 1.807) is 13.8 Å². The van der Waals surface area contributed by atoms with E-state index in [9.17, 15) is 19.8 Å². The second-order valence-electron chi connectivity index (χ2n) is 14.2. The molecule has 0 aliphatic heterocycles. The maximum atomic E-state index is 11.8. The molecule has 0 heterocycles. The third kappa shape index (κ3) is 4.61. The molecule has 208 valence electrons. The van der Waals surface area contributed by atoms with Gasteiger partial charge in [-0.1, -0.05) is 38.2 Å². The number of carboxylic acid groups (broad SMARTS) is 1. The maximum absolute atomic E-state index is 11.8. The van der Waals surface area contributed by atoms with Crippen molar-refractivity contribution >= 4 is 11.9 Å². The normalized spacial score (nSPS) is 41.4. The van der Waals surface area contributed by atoms with Crippen LogP contribution in [-0.4, -0.2) is 34.4 Å². The molecule has 4 aliphatic carbocycles. The Kier molecular flexibility index (Phi) is 7.32. The molecule has 4 rings (SSSR count). The molecular weight excluding hydrogens is 464 g/mol. The topological polar surface area (TPSA) is 83.8 Å². The third-order valence-electron chi connectivity index (χ3n) is 11.9. The molecule has 5 nitrogen and oxygen atoms in total. The highest BCUT2D eigenvalue weighted by molar-refractivity contribution is 5.67. The lowest BCUT2D eigenvalue weighted by Crippen LogP contribution is -2.54. The zero-order valence-corrected chi connectivity index (χ0v) is 24.1. The van der Waals surface area contributed by atoms with Gasteiger partial charge in [0.25, 0.3) is 0 Å². The number of aliphatic carboxylic acids is 1. The lowest BCUT2D eigenvalue weighted by atomic mass is 9.43. The monoisotopic (exact) mass is 514 g/mol. The van der Waals surface area contributed by atoms with Gasteiger partial charge in [-0.15, -0.1) is 0 Å². The second-order valence-corrected chi connectivity index (χ2v) is 14.2. The zero-order chi connectivity index (χ0) is 27.4. The van der Waals surface area contributed by atoms with Crippen molar-refractivity contribution in [1.29, 1.82) is 0 Å². The summed E-state index contributed by atoms with van der Waals surface area (Å²) >= 11 is 0. The Morgan fingerprint density at radius 3 is 2.41 bits per heavy atom.